The van der Waals surface area contributed by atoms with Crippen molar-refractivity contribution in [3.63, 3.8) is 0 Å². The lowest BCUT2D eigenvalue weighted by atomic mass is 10.2. The van der Waals surface area contributed by atoms with Crippen molar-refractivity contribution in [2.24, 2.45) is 7.05 Å². The van der Waals surface area contributed by atoms with Gasteiger partial charge in [-0.1, -0.05) is 0 Å². The van der Waals surface area contributed by atoms with Gasteiger partial charge in [-0.25, -0.2) is 9.36 Å². The number of H-pyrrole nitrogens is 1. The monoisotopic (exact) mass is 424 g/mol. The molecule has 30 heavy (non-hydrogen) atoms. The van der Waals surface area contributed by atoms with E-state index >= 15 is 0 Å². The Labute approximate surface area is 163 Å². The van der Waals surface area contributed by atoms with E-state index in [4.69, 9.17) is 4.74 Å². The molecule has 0 unspecified atom stereocenters. The molecule has 0 bridgehead atoms. The molecule has 10 nitrogen and oxygen atoms in total. The van der Waals surface area contributed by atoms with Crippen molar-refractivity contribution < 1.29 is 22.8 Å². The van der Waals surface area contributed by atoms with Gasteiger partial charge in [-0.3, -0.25) is 24.3 Å². The van der Waals surface area contributed by atoms with Crippen LogP contribution in [0.3, 0.4) is 0 Å². The number of nitrogens with one attached hydrogen (secondary N) is 1. The van der Waals surface area contributed by atoms with Gasteiger partial charge in [0.15, 0.2) is 5.75 Å². The lowest BCUT2D eigenvalue weighted by Crippen LogP contribution is -2.40. The first kappa shape index (κ1) is 20.6. The number of hydrogen-bond donors (Lipinski definition) is 1. The van der Waals surface area contributed by atoms with Gasteiger partial charge in [0.2, 0.25) is 5.75 Å². The molecule has 0 spiro atoms. The highest BCUT2D eigenvalue weighted by atomic mass is 19.4. The summed E-state index contributed by atoms with van der Waals surface area (Å²) in [5, 5.41) is 11.3. The summed E-state index contributed by atoms with van der Waals surface area (Å²) in [7, 11) is 0.827. The standard InChI is InChI=1S/C17H11F3N4O6/c1-22-13(17(18,19)20)8-14(25)23(16(22)27)9-4-5-10(24(28)29)12(7-9)30-11-3-2-6-21-15(11)26/h2-8H,1H3,(H,21,26). The van der Waals surface area contributed by atoms with Crippen LogP contribution >= 0.6 is 0 Å². The Balaban J connectivity index is 2.22. The van der Waals surface area contributed by atoms with Crippen molar-refractivity contribution in [2.75, 3.05) is 0 Å². The van der Waals surface area contributed by atoms with Crippen molar-refractivity contribution in [2.45, 2.75) is 6.18 Å². The van der Waals surface area contributed by atoms with E-state index in [-0.39, 0.29) is 22.1 Å². The summed E-state index contributed by atoms with van der Waals surface area (Å²) in [6.07, 6.45) is -3.64. The second-order valence-corrected chi connectivity index (χ2v) is 5.92. The second kappa shape index (κ2) is 7.35. The maximum absolute atomic E-state index is 13.0. The first-order valence-electron chi connectivity index (χ1n) is 8.05. The van der Waals surface area contributed by atoms with Crippen LogP contribution in [-0.2, 0) is 13.2 Å². The maximum atomic E-state index is 13.0. The quantitative estimate of drug-likeness (QED) is 0.503. The third kappa shape index (κ3) is 3.72. The average molecular weight is 424 g/mol. The number of benzene rings is 1. The van der Waals surface area contributed by atoms with E-state index in [9.17, 15) is 37.7 Å². The largest absolute Gasteiger partial charge is 0.444 e. The van der Waals surface area contributed by atoms with Gasteiger partial charge in [0.1, 0.15) is 5.69 Å². The van der Waals surface area contributed by atoms with Gasteiger partial charge in [0, 0.05) is 31.4 Å². The molecule has 0 saturated carbocycles. The molecule has 2 heterocycles. The zero-order chi connectivity index (χ0) is 22.2. The van der Waals surface area contributed by atoms with Crippen molar-refractivity contribution >= 4 is 5.69 Å². The predicted octanol–water partition coefficient (Wildman–Crippen LogP) is 1.94. The first-order valence-corrected chi connectivity index (χ1v) is 8.05. The molecule has 1 N–H and O–H groups in total. The number of hydrogen-bond acceptors (Lipinski definition) is 6. The molecule has 1 aromatic carbocycles. The summed E-state index contributed by atoms with van der Waals surface area (Å²) < 4.78 is 44.9. The zero-order valence-corrected chi connectivity index (χ0v) is 15.0. The number of pyridine rings is 1. The van der Waals surface area contributed by atoms with E-state index in [2.05, 4.69) is 4.98 Å². The van der Waals surface area contributed by atoms with Crippen molar-refractivity contribution in [3.05, 3.63) is 89.6 Å². The molecule has 156 valence electrons. The molecule has 3 rings (SSSR count). The fourth-order valence-electron chi connectivity index (χ4n) is 2.61. The number of ether oxygens (including phenoxy) is 1. The number of nitrogens with zero attached hydrogens (tertiary/aromatic N) is 3. The fourth-order valence-corrected chi connectivity index (χ4v) is 2.61. The summed E-state index contributed by atoms with van der Waals surface area (Å²) in [4.78, 5) is 49.1. The molecular weight excluding hydrogens is 413 g/mol. The minimum Gasteiger partial charge on any atom is -0.444 e. The van der Waals surface area contributed by atoms with Gasteiger partial charge in [0.25, 0.3) is 11.1 Å². The summed E-state index contributed by atoms with van der Waals surface area (Å²) in [5.74, 6) is -0.812. The smallest absolute Gasteiger partial charge is 0.431 e. The van der Waals surface area contributed by atoms with Gasteiger partial charge in [0.05, 0.1) is 10.6 Å². The minimum atomic E-state index is -4.94. The van der Waals surface area contributed by atoms with Gasteiger partial charge in [-0.05, 0) is 18.2 Å². The Kier molecular flexibility index (Phi) is 5.04. The normalized spacial score (nSPS) is 11.3. The van der Waals surface area contributed by atoms with E-state index in [1.807, 2.05) is 0 Å². The molecular formula is C17H11F3N4O6. The van der Waals surface area contributed by atoms with Crippen molar-refractivity contribution in [1.82, 2.24) is 14.1 Å². The number of rotatable bonds is 4. The molecule has 0 atom stereocenters. The number of aromatic nitrogens is 3. The van der Waals surface area contributed by atoms with Gasteiger partial charge < -0.3 is 9.72 Å². The molecule has 0 radical (unpaired) electrons. The fraction of sp³-hybridized carbons (Fsp3) is 0.118. The summed E-state index contributed by atoms with van der Waals surface area (Å²) in [6.45, 7) is 0. The molecule has 13 heteroatoms. The van der Waals surface area contributed by atoms with Crippen LogP contribution in [0.2, 0.25) is 0 Å². The maximum Gasteiger partial charge on any atom is 0.431 e. The van der Waals surface area contributed by atoms with Crippen LogP contribution < -0.4 is 21.5 Å². The highest BCUT2D eigenvalue weighted by Crippen LogP contribution is 2.32. The third-order valence-electron chi connectivity index (χ3n) is 4.01. The van der Waals surface area contributed by atoms with Crippen LogP contribution in [0.15, 0.2) is 57.0 Å². The molecule has 0 aliphatic heterocycles. The van der Waals surface area contributed by atoms with Crippen LogP contribution in [0, 0.1) is 10.1 Å². The lowest BCUT2D eigenvalue weighted by molar-refractivity contribution is -0.385. The van der Waals surface area contributed by atoms with Gasteiger partial charge >= 0.3 is 17.6 Å². The Hall–Kier alpha value is -4.16. The topological polar surface area (TPSA) is 129 Å². The van der Waals surface area contributed by atoms with E-state index < -0.39 is 45.0 Å². The molecule has 0 amide bonds. The third-order valence-corrected chi connectivity index (χ3v) is 4.01. The second-order valence-electron chi connectivity index (χ2n) is 5.92. The van der Waals surface area contributed by atoms with E-state index in [0.717, 1.165) is 25.2 Å². The number of nitro groups is 1. The van der Waals surface area contributed by atoms with Crippen LogP contribution in [-0.4, -0.2) is 19.0 Å². The highest BCUT2D eigenvalue weighted by Gasteiger charge is 2.35. The Bertz CT molecular complexity index is 1320. The zero-order valence-electron chi connectivity index (χ0n) is 15.0. The van der Waals surface area contributed by atoms with E-state index in [1.165, 1.54) is 18.3 Å². The Morgan fingerprint density at radius 2 is 1.80 bits per heavy atom. The summed E-state index contributed by atoms with van der Waals surface area (Å²) >= 11 is 0. The summed E-state index contributed by atoms with van der Waals surface area (Å²) in [6, 6.07) is 5.63. The van der Waals surface area contributed by atoms with Crippen LogP contribution in [0.5, 0.6) is 11.5 Å². The van der Waals surface area contributed by atoms with Crippen LogP contribution in [0.4, 0.5) is 18.9 Å². The Morgan fingerprint density at radius 1 is 1.10 bits per heavy atom. The average Bonchev–Trinajstić information content (AvgIpc) is 2.65. The number of aromatic amines is 1. The number of halogens is 3. The molecule has 0 aliphatic carbocycles. The van der Waals surface area contributed by atoms with E-state index in [1.54, 1.807) is 0 Å². The minimum absolute atomic E-state index is 0.227. The van der Waals surface area contributed by atoms with Gasteiger partial charge in [-0.15, -0.1) is 0 Å². The van der Waals surface area contributed by atoms with Crippen molar-refractivity contribution in [3.8, 4) is 17.2 Å². The van der Waals surface area contributed by atoms with Gasteiger partial charge in [-0.2, -0.15) is 13.2 Å². The van der Waals surface area contributed by atoms with Crippen molar-refractivity contribution in [1.29, 1.82) is 0 Å². The number of alkyl halides is 3. The predicted molar refractivity (Wildman–Crippen MR) is 96.1 cm³/mol. The molecule has 0 fully saturated rings. The van der Waals surface area contributed by atoms with Crippen LogP contribution in [0.25, 0.3) is 5.69 Å². The molecule has 0 saturated heterocycles. The molecule has 0 aliphatic rings. The lowest BCUT2D eigenvalue weighted by Gasteiger charge is -2.14. The number of nitro benzene ring substituents is 1. The highest BCUT2D eigenvalue weighted by molar-refractivity contribution is 5.54. The van der Waals surface area contributed by atoms with Crippen LogP contribution in [0.1, 0.15) is 5.69 Å². The SMILES string of the molecule is Cn1c(C(F)(F)F)cc(=O)n(-c2ccc([N+](=O)[O-])c(Oc3ccc[nH]c3=O)c2)c1=O. The molecule has 3 aromatic rings. The first-order chi connectivity index (χ1) is 14.0. The Morgan fingerprint density at radius 3 is 2.40 bits per heavy atom. The van der Waals surface area contributed by atoms with E-state index in [0.29, 0.717) is 4.57 Å². The molecule has 2 aromatic heterocycles. The summed E-state index contributed by atoms with van der Waals surface area (Å²) in [5.41, 5.74) is -5.68.